The van der Waals surface area contributed by atoms with Crippen LogP contribution in [0.1, 0.15) is 5.56 Å². The Labute approximate surface area is 66.8 Å². The Hall–Kier alpha value is -1.52. The molecule has 0 saturated heterocycles. The van der Waals surface area contributed by atoms with Crippen LogP contribution in [0.2, 0.25) is 0 Å². The number of benzene rings is 1. The van der Waals surface area contributed by atoms with Gasteiger partial charge in [-0.2, -0.15) is 4.39 Å². The van der Waals surface area contributed by atoms with Gasteiger partial charge in [-0.15, -0.1) is 0 Å². The third-order valence-electron chi connectivity index (χ3n) is 1.40. The maximum Gasteiger partial charge on any atom is 0.307 e. The first-order valence-electron chi connectivity index (χ1n) is 3.12. The van der Waals surface area contributed by atoms with E-state index < -0.39 is 22.2 Å². The molecule has 0 heterocycles. The third kappa shape index (κ3) is 1.39. The van der Waals surface area contributed by atoms with Crippen molar-refractivity contribution in [2.75, 3.05) is 0 Å². The molecule has 0 bridgehead atoms. The number of hydrogen-bond acceptors (Lipinski definition) is 2. The molecule has 1 rings (SSSR count). The lowest BCUT2D eigenvalue weighted by molar-refractivity contribution is -0.388. The molecule has 0 aliphatic heterocycles. The van der Waals surface area contributed by atoms with Gasteiger partial charge in [-0.25, -0.2) is 4.39 Å². The van der Waals surface area contributed by atoms with Gasteiger partial charge < -0.3 is 0 Å². The van der Waals surface area contributed by atoms with E-state index in [1.54, 1.807) is 0 Å². The smallest absolute Gasteiger partial charge is 0.258 e. The summed E-state index contributed by atoms with van der Waals surface area (Å²) >= 11 is 0. The van der Waals surface area contributed by atoms with Gasteiger partial charge in [0.2, 0.25) is 5.82 Å². The fourth-order valence-electron chi connectivity index (χ4n) is 0.926. The molecule has 0 N–H and O–H groups in total. The minimum Gasteiger partial charge on any atom is -0.258 e. The van der Waals surface area contributed by atoms with Gasteiger partial charge in [0.1, 0.15) is 5.82 Å². The topological polar surface area (TPSA) is 43.1 Å². The molecule has 12 heavy (non-hydrogen) atoms. The zero-order valence-corrected chi connectivity index (χ0v) is 6.17. The number of nitrogens with zero attached hydrogens (tertiary/aromatic N) is 1. The largest absolute Gasteiger partial charge is 0.307 e. The van der Waals surface area contributed by atoms with E-state index >= 15 is 0 Å². The summed E-state index contributed by atoms with van der Waals surface area (Å²) in [5, 5.41) is 10.2. The molecular formula is C7H5F2NO2. The van der Waals surface area contributed by atoms with Crippen molar-refractivity contribution in [3.05, 3.63) is 39.4 Å². The van der Waals surface area contributed by atoms with Crippen molar-refractivity contribution in [3.63, 3.8) is 0 Å². The van der Waals surface area contributed by atoms with Crippen LogP contribution in [0.15, 0.2) is 12.1 Å². The van der Waals surface area contributed by atoms with Crippen LogP contribution >= 0.6 is 0 Å². The molecule has 0 unspecified atom stereocenters. The van der Waals surface area contributed by atoms with Gasteiger partial charge in [0.25, 0.3) is 0 Å². The van der Waals surface area contributed by atoms with Gasteiger partial charge in [0.05, 0.1) is 4.92 Å². The average molecular weight is 173 g/mol. The fourth-order valence-corrected chi connectivity index (χ4v) is 0.926. The highest BCUT2D eigenvalue weighted by molar-refractivity contribution is 5.40. The third-order valence-corrected chi connectivity index (χ3v) is 1.40. The van der Waals surface area contributed by atoms with E-state index in [1.807, 2.05) is 0 Å². The van der Waals surface area contributed by atoms with Gasteiger partial charge in [-0.05, 0) is 13.0 Å². The van der Waals surface area contributed by atoms with Crippen molar-refractivity contribution >= 4 is 5.69 Å². The first-order valence-corrected chi connectivity index (χ1v) is 3.12. The highest BCUT2D eigenvalue weighted by atomic mass is 19.1. The lowest BCUT2D eigenvalue weighted by Gasteiger charge is -1.97. The maximum absolute atomic E-state index is 12.7. The second kappa shape index (κ2) is 2.84. The van der Waals surface area contributed by atoms with E-state index in [1.165, 1.54) is 6.92 Å². The van der Waals surface area contributed by atoms with E-state index in [4.69, 9.17) is 0 Å². The summed E-state index contributed by atoms with van der Waals surface area (Å²) < 4.78 is 25.1. The molecule has 1 aromatic carbocycles. The summed E-state index contributed by atoms with van der Waals surface area (Å²) in [4.78, 5) is 9.33. The van der Waals surface area contributed by atoms with Gasteiger partial charge >= 0.3 is 5.69 Å². The summed E-state index contributed by atoms with van der Waals surface area (Å²) in [6.07, 6.45) is 0. The average Bonchev–Trinajstić information content (AvgIpc) is 1.82. The molecule has 0 radical (unpaired) electrons. The Morgan fingerprint density at radius 1 is 1.42 bits per heavy atom. The Kier molecular flexibility index (Phi) is 2.03. The van der Waals surface area contributed by atoms with Crippen LogP contribution in [-0.4, -0.2) is 4.92 Å². The maximum atomic E-state index is 12.7. The molecule has 0 aliphatic rings. The summed E-state index contributed by atoms with van der Waals surface area (Å²) in [5.41, 5.74) is -0.686. The Balaban J connectivity index is 3.38. The summed E-state index contributed by atoms with van der Waals surface area (Å²) in [5.74, 6) is -1.95. The van der Waals surface area contributed by atoms with Crippen LogP contribution < -0.4 is 0 Å². The van der Waals surface area contributed by atoms with E-state index in [2.05, 4.69) is 0 Å². The molecule has 0 saturated carbocycles. The zero-order chi connectivity index (χ0) is 9.30. The van der Waals surface area contributed by atoms with Crippen molar-refractivity contribution in [1.82, 2.24) is 0 Å². The zero-order valence-electron chi connectivity index (χ0n) is 6.17. The minimum atomic E-state index is -1.14. The Bertz CT molecular complexity index is 315. The second-order valence-electron chi connectivity index (χ2n) is 2.31. The van der Waals surface area contributed by atoms with Crippen LogP contribution in [0.25, 0.3) is 0 Å². The molecule has 5 heteroatoms. The van der Waals surface area contributed by atoms with E-state index in [0.29, 0.717) is 6.07 Å². The number of nitro benzene ring substituents is 1. The highest BCUT2D eigenvalue weighted by Crippen LogP contribution is 2.22. The molecule has 1 aromatic rings. The van der Waals surface area contributed by atoms with Gasteiger partial charge in [-0.1, -0.05) is 0 Å². The Morgan fingerprint density at radius 3 is 2.42 bits per heavy atom. The predicted octanol–water partition coefficient (Wildman–Crippen LogP) is 2.18. The van der Waals surface area contributed by atoms with E-state index in [0.717, 1.165) is 6.07 Å². The van der Waals surface area contributed by atoms with Crippen molar-refractivity contribution in [2.45, 2.75) is 6.92 Å². The van der Waals surface area contributed by atoms with Gasteiger partial charge in [0, 0.05) is 11.6 Å². The molecular weight excluding hydrogens is 168 g/mol. The lowest BCUT2D eigenvalue weighted by atomic mass is 10.2. The van der Waals surface area contributed by atoms with E-state index in [-0.39, 0.29) is 5.56 Å². The van der Waals surface area contributed by atoms with Crippen molar-refractivity contribution in [2.24, 2.45) is 0 Å². The molecule has 0 aliphatic carbocycles. The standard InChI is InChI=1S/C7H5F2NO2/c1-4-2-5(8)3-6(9)7(4)10(11)12/h2-3H,1H3. The van der Waals surface area contributed by atoms with Gasteiger partial charge in [0.15, 0.2) is 0 Å². The Morgan fingerprint density at radius 2 is 2.00 bits per heavy atom. The molecule has 3 nitrogen and oxygen atoms in total. The molecule has 0 amide bonds. The molecule has 64 valence electrons. The van der Waals surface area contributed by atoms with Crippen molar-refractivity contribution in [1.29, 1.82) is 0 Å². The van der Waals surface area contributed by atoms with Crippen LogP contribution in [0.4, 0.5) is 14.5 Å². The normalized spacial score (nSPS) is 9.92. The molecule has 0 atom stereocenters. The van der Waals surface area contributed by atoms with Crippen molar-refractivity contribution in [3.8, 4) is 0 Å². The van der Waals surface area contributed by atoms with Crippen LogP contribution in [-0.2, 0) is 0 Å². The predicted molar refractivity (Wildman–Crippen MR) is 37.7 cm³/mol. The van der Waals surface area contributed by atoms with Crippen molar-refractivity contribution < 1.29 is 13.7 Å². The van der Waals surface area contributed by atoms with Crippen LogP contribution in [0, 0.1) is 28.7 Å². The van der Waals surface area contributed by atoms with E-state index in [9.17, 15) is 18.9 Å². The highest BCUT2D eigenvalue weighted by Gasteiger charge is 2.18. The summed E-state index contributed by atoms with van der Waals surface area (Å²) in [7, 11) is 0. The first-order chi connectivity index (χ1) is 5.52. The molecule has 0 fully saturated rings. The number of hydrogen-bond donors (Lipinski definition) is 0. The molecule has 0 aromatic heterocycles. The second-order valence-corrected chi connectivity index (χ2v) is 2.31. The lowest BCUT2D eigenvalue weighted by Crippen LogP contribution is -1.96. The van der Waals surface area contributed by atoms with Gasteiger partial charge in [-0.3, -0.25) is 10.1 Å². The SMILES string of the molecule is Cc1cc(F)cc(F)c1[N+](=O)[O-]. The molecule has 0 spiro atoms. The summed E-state index contributed by atoms with van der Waals surface area (Å²) in [6.45, 7) is 1.28. The monoisotopic (exact) mass is 173 g/mol. The number of aryl methyl sites for hydroxylation is 1. The number of nitro groups is 1. The quantitative estimate of drug-likeness (QED) is 0.482. The van der Waals surface area contributed by atoms with Crippen LogP contribution in [0.5, 0.6) is 0 Å². The fraction of sp³-hybridized carbons (Fsp3) is 0.143. The summed E-state index contributed by atoms with van der Waals surface area (Å²) in [6, 6.07) is 1.41. The first kappa shape index (κ1) is 8.58. The number of halogens is 2. The number of rotatable bonds is 1. The van der Waals surface area contributed by atoms with Crippen LogP contribution in [0.3, 0.4) is 0 Å². The minimum absolute atomic E-state index is 0.0162.